The van der Waals surface area contributed by atoms with Gasteiger partial charge >= 0.3 is 0 Å². The summed E-state index contributed by atoms with van der Waals surface area (Å²) in [4.78, 5) is 0.532. The summed E-state index contributed by atoms with van der Waals surface area (Å²) in [5.74, 6) is 0.516. The van der Waals surface area contributed by atoms with Crippen molar-refractivity contribution in [3.05, 3.63) is 0 Å². The fraction of sp³-hybridized carbons (Fsp3) is 0.833. The monoisotopic (exact) mass is 182 g/mol. The predicted octanol–water partition coefficient (Wildman–Crippen LogP) is -3.07. The van der Waals surface area contributed by atoms with Crippen LogP contribution in [0.3, 0.4) is 0 Å². The average molecular weight is 183 g/mol. The van der Waals surface area contributed by atoms with E-state index in [1.165, 1.54) is 0 Å². The summed E-state index contributed by atoms with van der Waals surface area (Å²) in [6.07, 6.45) is 1.09. The molecule has 0 aliphatic rings. The summed E-state index contributed by atoms with van der Waals surface area (Å²) in [6, 6.07) is 0.144. The second-order valence-corrected chi connectivity index (χ2v) is 2.87. The van der Waals surface area contributed by atoms with Gasteiger partial charge in [0.2, 0.25) is 0 Å². The Morgan fingerprint density at radius 1 is 1.70 bits per heavy atom. The van der Waals surface area contributed by atoms with Crippen molar-refractivity contribution in [1.29, 1.82) is 0 Å². The molecule has 4 heteroatoms. The van der Waals surface area contributed by atoms with E-state index < -0.39 is 0 Å². The van der Waals surface area contributed by atoms with Gasteiger partial charge < -0.3 is 23.9 Å². The predicted molar refractivity (Wildman–Crippen MR) is 42.9 cm³/mol. The highest BCUT2D eigenvalue weighted by atomic mass is 35.5. The summed E-state index contributed by atoms with van der Waals surface area (Å²) in [5, 5.41) is 0. The maximum Gasteiger partial charge on any atom is 0.137 e. The van der Waals surface area contributed by atoms with Gasteiger partial charge in [0.05, 0.1) is 0 Å². The van der Waals surface area contributed by atoms with E-state index in [-0.39, 0.29) is 18.4 Å². The molecule has 0 radical (unpaired) electrons. The van der Waals surface area contributed by atoms with Gasteiger partial charge in [-0.1, -0.05) is 26.1 Å². The Morgan fingerprint density at radius 3 is 2.20 bits per heavy atom. The van der Waals surface area contributed by atoms with Crippen LogP contribution in [0.2, 0.25) is 0 Å². The van der Waals surface area contributed by atoms with E-state index in [0.29, 0.717) is 10.9 Å². The molecule has 0 aliphatic carbocycles. The lowest BCUT2D eigenvalue weighted by atomic mass is 10.0. The number of rotatable bonds is 3. The largest absolute Gasteiger partial charge is 1.00 e. The van der Waals surface area contributed by atoms with Crippen LogP contribution in [0.25, 0.3) is 0 Å². The Labute approximate surface area is 73.8 Å². The van der Waals surface area contributed by atoms with Crippen LogP contribution >= 0.6 is 12.2 Å². The fourth-order valence-corrected chi connectivity index (χ4v) is 0.797. The lowest BCUT2D eigenvalue weighted by Gasteiger charge is -2.12. The molecule has 0 saturated heterocycles. The molecule has 0 saturated carbocycles. The van der Waals surface area contributed by atoms with E-state index in [2.05, 4.69) is 19.6 Å². The third kappa shape index (κ3) is 4.04. The molecule has 0 heterocycles. The van der Waals surface area contributed by atoms with E-state index in [1.807, 2.05) is 0 Å². The molecule has 2 atom stereocenters. The topological polar surface area (TPSA) is 53.7 Å². The second-order valence-electron chi connectivity index (χ2n) is 2.39. The molecule has 0 aromatic rings. The molecule has 0 aromatic heterocycles. The Hall–Kier alpha value is 0.140. The minimum absolute atomic E-state index is 0. The Balaban J connectivity index is 0. The maximum atomic E-state index is 5.38. The van der Waals surface area contributed by atoms with Gasteiger partial charge in [-0.25, -0.2) is 0 Å². The molecule has 0 bridgehead atoms. The normalized spacial score (nSPS) is 15.1. The van der Waals surface area contributed by atoms with Gasteiger partial charge in [-0.15, -0.1) is 0 Å². The second kappa shape index (κ2) is 5.89. The standard InChI is InChI=1S/C6H14N2S.ClH/c1-3-4(2)5(7)6(8)9;/h4-5H,3,7H2,1-2H3,(H2,8,9);1H/t4?,5-;/m1./s1. The molecule has 0 rings (SSSR count). The van der Waals surface area contributed by atoms with Crippen molar-refractivity contribution in [3.63, 3.8) is 0 Å². The first-order chi connectivity index (χ1) is 4.09. The van der Waals surface area contributed by atoms with Crippen LogP contribution in [-0.4, -0.2) is 11.0 Å². The summed E-state index contributed by atoms with van der Waals surface area (Å²) >= 11 is 4.78. The first-order valence-electron chi connectivity index (χ1n) is 3.22. The first-order valence-corrected chi connectivity index (χ1v) is 3.62. The molecule has 0 fully saturated rings. The molecular weight excluding hydrogens is 168 g/mol. The summed E-state index contributed by atoms with van der Waals surface area (Å²) in [5.41, 5.74) is 9.22. The first kappa shape index (κ1) is 12.8. The van der Waals surface area contributed by atoms with Crippen LogP contribution < -0.4 is 23.9 Å². The van der Waals surface area contributed by atoms with Gasteiger partial charge in [0.1, 0.15) is 11.0 Å². The van der Waals surface area contributed by atoms with E-state index in [0.717, 1.165) is 6.42 Å². The summed E-state index contributed by atoms with van der Waals surface area (Å²) in [7, 11) is 0. The van der Waals surface area contributed by atoms with E-state index in [1.54, 1.807) is 0 Å². The van der Waals surface area contributed by atoms with Crippen LogP contribution in [0.5, 0.6) is 0 Å². The van der Waals surface area contributed by atoms with Gasteiger partial charge in [0.15, 0.2) is 0 Å². The maximum absolute atomic E-state index is 5.38. The number of hydrogen-bond donors (Lipinski definition) is 2. The minimum atomic E-state index is 0. The van der Waals surface area contributed by atoms with Crippen LogP contribution in [0, 0.1) is 5.92 Å². The highest BCUT2D eigenvalue weighted by Gasteiger charge is 2.16. The van der Waals surface area contributed by atoms with E-state index in [9.17, 15) is 0 Å². The van der Waals surface area contributed by atoms with Crippen molar-refractivity contribution >= 4 is 17.2 Å². The molecule has 0 amide bonds. The third-order valence-electron chi connectivity index (χ3n) is 1.70. The molecule has 62 valence electrons. The highest BCUT2D eigenvalue weighted by Crippen LogP contribution is 2.02. The van der Waals surface area contributed by atoms with Gasteiger partial charge in [0, 0.05) is 5.92 Å². The average Bonchev–Trinajstić information content (AvgIpc) is 1.84. The Morgan fingerprint density at radius 2 is 2.10 bits per heavy atom. The molecule has 0 aromatic carbocycles. The van der Waals surface area contributed by atoms with Crippen molar-refractivity contribution in [3.8, 4) is 0 Å². The third-order valence-corrected chi connectivity index (χ3v) is 2.00. The van der Waals surface area contributed by atoms with Crippen LogP contribution in [0.1, 0.15) is 20.3 Å². The van der Waals surface area contributed by atoms with E-state index in [4.69, 9.17) is 18.0 Å². The van der Waals surface area contributed by atoms with Crippen molar-refractivity contribution in [2.75, 3.05) is 0 Å². The SMILES string of the molecule is CCC(C)[C@@H]([NH3+])C(N)=S.[Cl-]. The lowest BCUT2D eigenvalue weighted by Crippen LogP contribution is -3.00. The minimum Gasteiger partial charge on any atom is -1.00 e. The number of nitrogens with two attached hydrogens (primary N) is 1. The zero-order valence-corrected chi connectivity index (χ0v) is 8.00. The number of halogens is 1. The zero-order valence-electron chi connectivity index (χ0n) is 6.43. The highest BCUT2D eigenvalue weighted by molar-refractivity contribution is 7.80. The summed E-state index contributed by atoms with van der Waals surface area (Å²) in [6.45, 7) is 4.22. The molecule has 0 spiro atoms. The van der Waals surface area contributed by atoms with Crippen LogP contribution in [0.4, 0.5) is 0 Å². The lowest BCUT2D eigenvalue weighted by molar-refractivity contribution is -0.406. The number of hydrogen-bond acceptors (Lipinski definition) is 1. The van der Waals surface area contributed by atoms with Gasteiger partial charge in [0.25, 0.3) is 0 Å². The molecule has 2 nitrogen and oxygen atoms in total. The quantitative estimate of drug-likeness (QED) is 0.456. The van der Waals surface area contributed by atoms with Crippen molar-refractivity contribution in [2.45, 2.75) is 26.3 Å². The van der Waals surface area contributed by atoms with Gasteiger partial charge in [-0.05, 0) is 6.42 Å². The van der Waals surface area contributed by atoms with Crippen molar-refractivity contribution in [2.24, 2.45) is 11.7 Å². The molecule has 5 N–H and O–H groups in total. The molecular formula is C6H15ClN2S. The van der Waals surface area contributed by atoms with E-state index >= 15 is 0 Å². The Kier molecular flexibility index (Phi) is 7.53. The van der Waals surface area contributed by atoms with Gasteiger partial charge in [-0.2, -0.15) is 0 Å². The summed E-state index contributed by atoms with van der Waals surface area (Å²) < 4.78 is 0. The van der Waals surface area contributed by atoms with Crippen LogP contribution in [-0.2, 0) is 0 Å². The Bertz CT molecular complexity index is 108. The smallest absolute Gasteiger partial charge is 0.137 e. The van der Waals surface area contributed by atoms with Crippen molar-refractivity contribution in [1.82, 2.24) is 0 Å². The molecule has 1 unspecified atom stereocenters. The number of thiocarbonyl (C=S) groups is 1. The molecule has 10 heavy (non-hydrogen) atoms. The van der Waals surface area contributed by atoms with Crippen LogP contribution in [0.15, 0.2) is 0 Å². The number of quaternary nitrogens is 1. The zero-order chi connectivity index (χ0) is 7.44. The molecule has 0 aliphatic heterocycles. The van der Waals surface area contributed by atoms with Crippen molar-refractivity contribution < 1.29 is 18.1 Å². The van der Waals surface area contributed by atoms with Gasteiger partial charge in [-0.3, -0.25) is 0 Å². The fourth-order valence-electron chi connectivity index (χ4n) is 0.565.